The lowest BCUT2D eigenvalue weighted by molar-refractivity contribution is 0.102. The molecule has 8 nitrogen and oxygen atoms in total. The van der Waals surface area contributed by atoms with Gasteiger partial charge in [-0.3, -0.25) is 9.00 Å². The maximum Gasteiger partial charge on any atom is 0.256 e. The molecule has 0 fully saturated rings. The number of nitrogens with one attached hydrogen (secondary N) is 1. The van der Waals surface area contributed by atoms with E-state index in [4.69, 9.17) is 0 Å². The molecule has 0 radical (unpaired) electrons. The van der Waals surface area contributed by atoms with Gasteiger partial charge in [0.1, 0.15) is 5.82 Å². The number of hydrogen-bond acceptors (Lipinski definition) is 5. The van der Waals surface area contributed by atoms with Crippen molar-refractivity contribution < 1.29 is 17.4 Å². The minimum atomic E-state index is -3.61. The van der Waals surface area contributed by atoms with E-state index in [0.717, 1.165) is 28.1 Å². The quantitative estimate of drug-likeness (QED) is 0.535. The maximum absolute atomic E-state index is 13.1. The summed E-state index contributed by atoms with van der Waals surface area (Å²) in [7, 11) is -4.66. The molecule has 2 heterocycles. The first-order chi connectivity index (χ1) is 16.2. The van der Waals surface area contributed by atoms with E-state index in [9.17, 15) is 17.4 Å². The van der Waals surface area contributed by atoms with Gasteiger partial charge >= 0.3 is 0 Å². The Bertz CT molecular complexity index is 1370. The van der Waals surface area contributed by atoms with Crippen LogP contribution in [0.15, 0.2) is 47.4 Å². The largest absolute Gasteiger partial charge is 0.306 e. The van der Waals surface area contributed by atoms with Crippen molar-refractivity contribution >= 4 is 32.5 Å². The molecule has 10 heteroatoms. The number of amides is 1. The van der Waals surface area contributed by atoms with Crippen molar-refractivity contribution in [2.75, 3.05) is 18.4 Å². The highest BCUT2D eigenvalue weighted by Crippen LogP contribution is 2.33. The number of fused-ring (bicyclic) bond motifs is 1. The van der Waals surface area contributed by atoms with Gasteiger partial charge in [0.25, 0.3) is 5.91 Å². The van der Waals surface area contributed by atoms with Crippen molar-refractivity contribution in [3.8, 4) is 5.69 Å². The third-order valence-corrected chi connectivity index (χ3v) is 9.44. The summed E-state index contributed by atoms with van der Waals surface area (Å²) in [5, 5.41) is 7.61. The number of sulfonamides is 1. The van der Waals surface area contributed by atoms with Gasteiger partial charge in [-0.1, -0.05) is 26.0 Å². The summed E-state index contributed by atoms with van der Waals surface area (Å²) < 4.78 is 40.7. The molecule has 1 N–H and O–H groups in total. The zero-order valence-electron chi connectivity index (χ0n) is 19.7. The Morgan fingerprint density at radius 3 is 2.41 bits per heavy atom. The van der Waals surface area contributed by atoms with Gasteiger partial charge in [-0.15, -0.1) is 0 Å². The molecule has 2 aromatic carbocycles. The molecule has 0 aliphatic carbocycles. The van der Waals surface area contributed by atoms with E-state index in [1.54, 1.807) is 18.5 Å². The summed E-state index contributed by atoms with van der Waals surface area (Å²) in [5.41, 5.74) is 4.78. The number of carbonyl (C=O) groups excluding carboxylic acids is 1. The molecular formula is C24H28N4O4S2. The van der Waals surface area contributed by atoms with Crippen LogP contribution < -0.4 is 5.32 Å². The molecule has 0 spiro atoms. The molecule has 1 amide bonds. The van der Waals surface area contributed by atoms with Gasteiger partial charge in [-0.05, 0) is 55.3 Å². The summed E-state index contributed by atoms with van der Waals surface area (Å²) in [6, 6.07) is 11.8. The van der Waals surface area contributed by atoms with Crippen LogP contribution in [0.5, 0.6) is 0 Å². The highest BCUT2D eigenvalue weighted by atomic mass is 32.2. The van der Waals surface area contributed by atoms with E-state index in [0.29, 0.717) is 36.0 Å². The minimum Gasteiger partial charge on any atom is -0.306 e. The van der Waals surface area contributed by atoms with Crippen LogP contribution in [0.3, 0.4) is 0 Å². The van der Waals surface area contributed by atoms with Gasteiger partial charge in [0, 0.05) is 35.0 Å². The standard InChI is InChI=1S/C24H28N4O4S2/c1-5-27(6-2)34(31,32)19-12-10-18(11-13-19)24(29)25-23-20-14-33(30)15-21(20)26-28(23)22-9-7-8-16(3)17(22)4/h7-13H,5-6,14-15H2,1-4H3,(H,25,29)/t33-/m0/s1. The zero-order chi connectivity index (χ0) is 24.6. The van der Waals surface area contributed by atoms with E-state index in [2.05, 4.69) is 10.4 Å². The van der Waals surface area contributed by atoms with E-state index < -0.39 is 26.7 Å². The molecule has 1 aromatic heterocycles. The summed E-state index contributed by atoms with van der Waals surface area (Å²) in [6.07, 6.45) is 0. The van der Waals surface area contributed by atoms with E-state index in [1.165, 1.54) is 28.6 Å². The summed E-state index contributed by atoms with van der Waals surface area (Å²) in [6.45, 7) is 8.32. The number of aromatic nitrogens is 2. The van der Waals surface area contributed by atoms with Crippen molar-refractivity contribution in [1.29, 1.82) is 0 Å². The monoisotopic (exact) mass is 500 g/mol. The van der Waals surface area contributed by atoms with Gasteiger partial charge in [0.15, 0.2) is 0 Å². The number of benzene rings is 2. The third-order valence-electron chi connectivity index (χ3n) is 6.17. The summed E-state index contributed by atoms with van der Waals surface area (Å²) in [5.74, 6) is 0.795. The number of anilines is 1. The number of aryl methyl sites for hydroxylation is 1. The third kappa shape index (κ3) is 4.33. The van der Waals surface area contributed by atoms with Crippen LogP contribution in [0, 0.1) is 13.8 Å². The summed E-state index contributed by atoms with van der Waals surface area (Å²) in [4.78, 5) is 13.3. The molecule has 3 aromatic rings. The SMILES string of the molecule is CCN(CC)S(=O)(=O)c1ccc(C(=O)Nc2c3c(nn2-c2cccc(C)c2C)C[S@@](=O)C3)cc1. The minimum absolute atomic E-state index is 0.143. The lowest BCUT2D eigenvalue weighted by Crippen LogP contribution is -2.30. The predicted molar refractivity (Wildman–Crippen MR) is 133 cm³/mol. The molecule has 1 aliphatic rings. The average Bonchev–Trinajstić information content (AvgIpc) is 3.33. The molecule has 0 saturated heterocycles. The Hall–Kier alpha value is -2.82. The van der Waals surface area contributed by atoms with Crippen LogP contribution in [0.2, 0.25) is 0 Å². The second kappa shape index (κ2) is 9.44. The molecule has 0 saturated carbocycles. The van der Waals surface area contributed by atoms with E-state index in [1.807, 2.05) is 32.0 Å². The van der Waals surface area contributed by atoms with Crippen molar-refractivity contribution in [3.63, 3.8) is 0 Å². The van der Waals surface area contributed by atoms with Gasteiger partial charge in [-0.25, -0.2) is 13.1 Å². The second-order valence-electron chi connectivity index (χ2n) is 8.20. The number of hydrogen-bond donors (Lipinski definition) is 1. The average molecular weight is 501 g/mol. The van der Waals surface area contributed by atoms with Crippen LogP contribution in [0.1, 0.15) is 46.6 Å². The summed E-state index contributed by atoms with van der Waals surface area (Å²) >= 11 is 0. The highest BCUT2D eigenvalue weighted by Gasteiger charge is 2.29. The second-order valence-corrected chi connectivity index (χ2v) is 11.6. The Morgan fingerprint density at radius 2 is 1.76 bits per heavy atom. The fourth-order valence-electron chi connectivity index (χ4n) is 4.07. The van der Waals surface area contributed by atoms with Gasteiger partial charge in [-0.2, -0.15) is 9.40 Å². The number of rotatable bonds is 7. The highest BCUT2D eigenvalue weighted by molar-refractivity contribution is 7.89. The topological polar surface area (TPSA) is 101 Å². The molecule has 34 heavy (non-hydrogen) atoms. The smallest absolute Gasteiger partial charge is 0.256 e. The number of nitrogens with zero attached hydrogens (tertiary/aromatic N) is 3. The Balaban J connectivity index is 1.68. The first-order valence-corrected chi connectivity index (χ1v) is 14.0. The molecule has 1 aliphatic heterocycles. The molecule has 4 rings (SSSR count). The first-order valence-electron chi connectivity index (χ1n) is 11.1. The molecule has 180 valence electrons. The zero-order valence-corrected chi connectivity index (χ0v) is 21.3. The lowest BCUT2D eigenvalue weighted by atomic mass is 10.1. The van der Waals surface area contributed by atoms with E-state index >= 15 is 0 Å². The molecular weight excluding hydrogens is 472 g/mol. The molecule has 0 bridgehead atoms. The molecule has 0 unspecified atom stereocenters. The van der Waals surface area contributed by atoms with Crippen LogP contribution in [-0.2, 0) is 32.3 Å². The Kier molecular flexibility index (Phi) is 6.75. The Labute approximate surface area is 202 Å². The predicted octanol–water partition coefficient (Wildman–Crippen LogP) is 3.53. The van der Waals surface area contributed by atoms with Crippen molar-refractivity contribution in [3.05, 3.63) is 70.4 Å². The molecule has 1 atom stereocenters. The fourth-order valence-corrected chi connectivity index (χ4v) is 6.79. The van der Waals surface area contributed by atoms with Gasteiger partial charge in [0.2, 0.25) is 10.0 Å². The Morgan fingerprint density at radius 1 is 1.09 bits per heavy atom. The van der Waals surface area contributed by atoms with Gasteiger partial charge in [0.05, 0.1) is 27.8 Å². The van der Waals surface area contributed by atoms with Crippen molar-refractivity contribution in [1.82, 2.24) is 14.1 Å². The van der Waals surface area contributed by atoms with Crippen molar-refractivity contribution in [2.24, 2.45) is 0 Å². The first kappa shape index (κ1) is 24.3. The van der Waals surface area contributed by atoms with Crippen LogP contribution in [-0.4, -0.2) is 45.7 Å². The maximum atomic E-state index is 13.1. The lowest BCUT2D eigenvalue weighted by Gasteiger charge is -2.18. The number of carbonyl (C=O) groups is 1. The van der Waals surface area contributed by atoms with Crippen LogP contribution in [0.25, 0.3) is 5.69 Å². The van der Waals surface area contributed by atoms with E-state index in [-0.39, 0.29) is 4.90 Å². The van der Waals surface area contributed by atoms with Crippen LogP contribution in [0.4, 0.5) is 5.82 Å². The normalized spacial score (nSPS) is 15.5. The van der Waals surface area contributed by atoms with Gasteiger partial charge < -0.3 is 5.32 Å². The fraction of sp³-hybridized carbons (Fsp3) is 0.333. The van der Waals surface area contributed by atoms with Crippen molar-refractivity contribution in [2.45, 2.75) is 44.1 Å². The van der Waals surface area contributed by atoms with Crippen LogP contribution >= 0.6 is 0 Å².